The van der Waals surface area contributed by atoms with Crippen LogP contribution in [-0.4, -0.2) is 5.91 Å². The summed E-state index contributed by atoms with van der Waals surface area (Å²) in [5, 5.41) is 3.77. The Morgan fingerprint density at radius 2 is 1.81 bits per heavy atom. The highest BCUT2D eigenvalue weighted by Gasteiger charge is 2.01. The molecule has 0 heterocycles. The summed E-state index contributed by atoms with van der Waals surface area (Å²) in [5.41, 5.74) is 1.86. The van der Waals surface area contributed by atoms with Crippen LogP contribution >= 0.6 is 39.1 Å². The van der Waals surface area contributed by atoms with Crippen molar-refractivity contribution in [3.05, 3.63) is 74.2 Å². The van der Waals surface area contributed by atoms with Crippen LogP contribution in [-0.2, 0) is 11.3 Å². The summed E-state index contributed by atoms with van der Waals surface area (Å²) < 4.78 is 1.00. The highest BCUT2D eigenvalue weighted by molar-refractivity contribution is 9.10. The fraction of sp³-hybridized carbons (Fsp3) is 0.0625. The van der Waals surface area contributed by atoms with Gasteiger partial charge in [0.2, 0.25) is 5.91 Å². The van der Waals surface area contributed by atoms with Crippen molar-refractivity contribution in [2.24, 2.45) is 0 Å². The number of nitrogens with one attached hydrogen (secondary N) is 1. The van der Waals surface area contributed by atoms with Crippen molar-refractivity contribution in [3.8, 4) is 0 Å². The van der Waals surface area contributed by atoms with E-state index in [4.69, 9.17) is 23.2 Å². The standard InChI is InChI=1S/C16H12BrCl2NO/c17-13-5-1-11(2-6-13)4-8-16(21)20-10-12-3-7-14(18)15(19)9-12/h1-9H,10H2,(H,20,21). The zero-order valence-electron chi connectivity index (χ0n) is 10.9. The molecule has 5 heteroatoms. The number of benzene rings is 2. The summed E-state index contributed by atoms with van der Waals surface area (Å²) in [5.74, 6) is -0.163. The molecule has 1 N–H and O–H groups in total. The molecule has 0 aliphatic carbocycles. The van der Waals surface area contributed by atoms with Gasteiger partial charge < -0.3 is 5.32 Å². The van der Waals surface area contributed by atoms with E-state index in [-0.39, 0.29) is 5.91 Å². The SMILES string of the molecule is O=C(C=Cc1ccc(Br)cc1)NCc1ccc(Cl)c(Cl)c1. The van der Waals surface area contributed by atoms with Gasteiger partial charge in [0.1, 0.15) is 0 Å². The molecule has 0 fully saturated rings. The summed E-state index contributed by atoms with van der Waals surface area (Å²) in [7, 11) is 0. The average Bonchev–Trinajstić information content (AvgIpc) is 2.48. The number of halogens is 3. The lowest BCUT2D eigenvalue weighted by molar-refractivity contribution is -0.116. The number of hydrogen-bond acceptors (Lipinski definition) is 1. The fourth-order valence-electron chi connectivity index (χ4n) is 1.64. The monoisotopic (exact) mass is 383 g/mol. The Hall–Kier alpha value is -1.29. The molecule has 0 atom stereocenters. The van der Waals surface area contributed by atoms with E-state index in [0.29, 0.717) is 16.6 Å². The minimum absolute atomic E-state index is 0.163. The molecule has 21 heavy (non-hydrogen) atoms. The third-order valence-electron chi connectivity index (χ3n) is 2.75. The van der Waals surface area contributed by atoms with Crippen molar-refractivity contribution in [2.45, 2.75) is 6.54 Å². The largest absolute Gasteiger partial charge is 0.348 e. The first kappa shape index (κ1) is 16.1. The van der Waals surface area contributed by atoms with Crippen LogP contribution in [0.5, 0.6) is 0 Å². The third kappa shape index (κ3) is 5.20. The van der Waals surface area contributed by atoms with Crippen LogP contribution in [0, 0.1) is 0 Å². The summed E-state index contributed by atoms with van der Waals surface area (Å²) >= 11 is 15.1. The molecule has 108 valence electrons. The van der Waals surface area contributed by atoms with Gasteiger partial charge in [0, 0.05) is 17.1 Å². The van der Waals surface area contributed by atoms with Crippen molar-refractivity contribution < 1.29 is 4.79 Å². The molecular formula is C16H12BrCl2NO. The maximum atomic E-state index is 11.7. The van der Waals surface area contributed by atoms with Crippen LogP contribution in [0.25, 0.3) is 6.08 Å². The predicted octanol–water partition coefficient (Wildman–Crippen LogP) is 5.09. The predicted molar refractivity (Wildman–Crippen MR) is 91.5 cm³/mol. The van der Waals surface area contributed by atoms with E-state index in [0.717, 1.165) is 15.6 Å². The maximum Gasteiger partial charge on any atom is 0.244 e. The van der Waals surface area contributed by atoms with Crippen LogP contribution in [0.1, 0.15) is 11.1 Å². The van der Waals surface area contributed by atoms with E-state index in [9.17, 15) is 4.79 Å². The number of carbonyl (C=O) groups excluding carboxylic acids is 1. The second-order valence-electron chi connectivity index (χ2n) is 4.35. The number of carbonyl (C=O) groups is 1. The van der Waals surface area contributed by atoms with Gasteiger partial charge in [-0.3, -0.25) is 4.79 Å². The Morgan fingerprint density at radius 1 is 1.10 bits per heavy atom. The van der Waals surface area contributed by atoms with Gasteiger partial charge >= 0.3 is 0 Å². The number of amides is 1. The van der Waals surface area contributed by atoms with Gasteiger partial charge in [-0.15, -0.1) is 0 Å². The van der Waals surface area contributed by atoms with Crippen molar-refractivity contribution >= 4 is 51.1 Å². The molecule has 0 bridgehead atoms. The molecule has 1 amide bonds. The Morgan fingerprint density at radius 3 is 2.48 bits per heavy atom. The quantitative estimate of drug-likeness (QED) is 0.731. The molecule has 2 rings (SSSR count). The Kier molecular flexibility index (Phi) is 5.85. The summed E-state index contributed by atoms with van der Waals surface area (Å²) in [6.07, 6.45) is 3.26. The second kappa shape index (κ2) is 7.64. The van der Waals surface area contributed by atoms with Crippen molar-refractivity contribution in [1.29, 1.82) is 0 Å². The summed E-state index contributed by atoms with van der Waals surface area (Å²) in [6, 6.07) is 13.0. The van der Waals surface area contributed by atoms with E-state index in [1.165, 1.54) is 6.08 Å². The Labute approximate surface area is 141 Å². The summed E-state index contributed by atoms with van der Waals surface area (Å²) in [4.78, 5) is 11.7. The van der Waals surface area contributed by atoms with Gasteiger partial charge in [0.25, 0.3) is 0 Å². The van der Waals surface area contributed by atoms with Crippen LogP contribution in [0.2, 0.25) is 10.0 Å². The smallest absolute Gasteiger partial charge is 0.244 e. The van der Waals surface area contributed by atoms with Gasteiger partial charge in [0.05, 0.1) is 10.0 Å². The minimum atomic E-state index is -0.163. The molecule has 2 aromatic carbocycles. The normalized spacial score (nSPS) is 10.8. The highest BCUT2D eigenvalue weighted by atomic mass is 79.9. The fourth-order valence-corrected chi connectivity index (χ4v) is 2.23. The molecular weight excluding hydrogens is 373 g/mol. The van der Waals surface area contributed by atoms with Gasteiger partial charge in [0.15, 0.2) is 0 Å². The van der Waals surface area contributed by atoms with Crippen molar-refractivity contribution in [2.75, 3.05) is 0 Å². The van der Waals surface area contributed by atoms with Crippen LogP contribution in [0.3, 0.4) is 0 Å². The van der Waals surface area contributed by atoms with Crippen molar-refractivity contribution in [1.82, 2.24) is 5.32 Å². The molecule has 0 aliphatic rings. The molecule has 2 aromatic rings. The average molecular weight is 385 g/mol. The Bertz CT molecular complexity index is 668. The molecule has 0 saturated carbocycles. The van der Waals surface area contributed by atoms with Crippen LogP contribution in [0.4, 0.5) is 0 Å². The first-order chi connectivity index (χ1) is 10.0. The first-order valence-electron chi connectivity index (χ1n) is 6.20. The Balaban J connectivity index is 1.89. The molecule has 0 saturated heterocycles. The second-order valence-corrected chi connectivity index (χ2v) is 6.08. The molecule has 0 aliphatic heterocycles. The van der Waals surface area contributed by atoms with Crippen LogP contribution < -0.4 is 5.32 Å². The molecule has 0 radical (unpaired) electrons. The van der Waals surface area contributed by atoms with Gasteiger partial charge in [-0.2, -0.15) is 0 Å². The lowest BCUT2D eigenvalue weighted by atomic mass is 10.2. The third-order valence-corrected chi connectivity index (χ3v) is 4.02. The number of rotatable bonds is 4. The highest BCUT2D eigenvalue weighted by Crippen LogP contribution is 2.22. The van der Waals surface area contributed by atoms with Crippen LogP contribution in [0.15, 0.2) is 53.0 Å². The minimum Gasteiger partial charge on any atom is -0.348 e. The van der Waals surface area contributed by atoms with Gasteiger partial charge in [-0.1, -0.05) is 57.3 Å². The van der Waals surface area contributed by atoms with E-state index in [1.54, 1.807) is 18.2 Å². The zero-order valence-corrected chi connectivity index (χ0v) is 14.0. The molecule has 0 unspecified atom stereocenters. The maximum absolute atomic E-state index is 11.7. The molecule has 2 nitrogen and oxygen atoms in total. The molecule has 0 spiro atoms. The van der Waals surface area contributed by atoms with Gasteiger partial charge in [-0.25, -0.2) is 0 Å². The van der Waals surface area contributed by atoms with Crippen molar-refractivity contribution in [3.63, 3.8) is 0 Å². The topological polar surface area (TPSA) is 29.1 Å². The lowest BCUT2D eigenvalue weighted by Gasteiger charge is -2.04. The number of hydrogen-bond donors (Lipinski definition) is 1. The lowest BCUT2D eigenvalue weighted by Crippen LogP contribution is -2.20. The summed E-state index contributed by atoms with van der Waals surface area (Å²) in [6.45, 7) is 0.403. The van der Waals surface area contributed by atoms with E-state index in [1.807, 2.05) is 30.3 Å². The van der Waals surface area contributed by atoms with E-state index < -0.39 is 0 Å². The van der Waals surface area contributed by atoms with Gasteiger partial charge in [-0.05, 0) is 41.5 Å². The first-order valence-corrected chi connectivity index (χ1v) is 7.75. The molecule has 0 aromatic heterocycles. The zero-order chi connectivity index (χ0) is 15.2. The van der Waals surface area contributed by atoms with E-state index in [2.05, 4.69) is 21.2 Å². The van der Waals surface area contributed by atoms with E-state index >= 15 is 0 Å².